The van der Waals surface area contributed by atoms with Crippen molar-refractivity contribution in [2.45, 2.75) is 26.2 Å². The van der Waals surface area contributed by atoms with Gasteiger partial charge in [-0.3, -0.25) is 9.79 Å². The number of ketones is 1. The topological polar surface area (TPSA) is 29.4 Å². The van der Waals surface area contributed by atoms with Crippen LogP contribution in [0, 0.1) is 0 Å². The molecule has 0 spiro atoms. The van der Waals surface area contributed by atoms with Crippen LogP contribution in [0.4, 0.5) is 0 Å². The van der Waals surface area contributed by atoms with E-state index in [2.05, 4.69) is 4.99 Å². The van der Waals surface area contributed by atoms with Crippen molar-refractivity contribution in [2.75, 3.05) is 6.54 Å². The Morgan fingerprint density at radius 3 is 2.78 bits per heavy atom. The summed E-state index contributed by atoms with van der Waals surface area (Å²) in [6, 6.07) is 0. The number of hydrogen-bond acceptors (Lipinski definition) is 2. The van der Waals surface area contributed by atoms with E-state index in [1.54, 1.807) is 0 Å². The zero-order valence-corrected chi connectivity index (χ0v) is 5.68. The van der Waals surface area contributed by atoms with Gasteiger partial charge in [0.1, 0.15) is 0 Å². The van der Waals surface area contributed by atoms with Gasteiger partial charge >= 0.3 is 0 Å². The zero-order chi connectivity index (χ0) is 6.69. The van der Waals surface area contributed by atoms with Crippen LogP contribution in [-0.2, 0) is 4.79 Å². The minimum absolute atomic E-state index is 0.261. The van der Waals surface area contributed by atoms with Crippen LogP contribution >= 0.6 is 0 Å². The smallest absolute Gasteiger partial charge is 0.176 e. The molecule has 1 rings (SSSR count). The highest BCUT2D eigenvalue weighted by Crippen LogP contribution is 2.10. The van der Waals surface area contributed by atoms with Gasteiger partial charge in [0.25, 0.3) is 0 Å². The standard InChI is InChI=1S/C7H11NO/c1-2-8-6-4-3-5-7(6)9/h2-5H2,1H3. The molecule has 50 valence electrons. The van der Waals surface area contributed by atoms with E-state index in [4.69, 9.17) is 0 Å². The summed E-state index contributed by atoms with van der Waals surface area (Å²) in [5.41, 5.74) is 0.817. The molecule has 1 aliphatic rings. The van der Waals surface area contributed by atoms with Crippen LogP contribution in [0.5, 0.6) is 0 Å². The monoisotopic (exact) mass is 125 g/mol. The molecule has 0 radical (unpaired) electrons. The summed E-state index contributed by atoms with van der Waals surface area (Å²) in [5.74, 6) is 0.261. The van der Waals surface area contributed by atoms with Crippen molar-refractivity contribution in [3.8, 4) is 0 Å². The number of hydrogen-bond donors (Lipinski definition) is 0. The van der Waals surface area contributed by atoms with E-state index >= 15 is 0 Å². The first-order chi connectivity index (χ1) is 4.34. The van der Waals surface area contributed by atoms with Gasteiger partial charge in [0.15, 0.2) is 5.78 Å². The molecule has 0 unspecified atom stereocenters. The molecule has 0 N–H and O–H groups in total. The SMILES string of the molecule is CCN=C1CCCC1=O. The van der Waals surface area contributed by atoms with Crippen molar-refractivity contribution < 1.29 is 4.79 Å². The molecule has 0 amide bonds. The molecule has 0 atom stereocenters. The van der Waals surface area contributed by atoms with Crippen LogP contribution in [0.1, 0.15) is 26.2 Å². The molecule has 0 aromatic heterocycles. The van der Waals surface area contributed by atoms with E-state index in [0.29, 0.717) is 0 Å². The second-order valence-electron chi connectivity index (χ2n) is 2.20. The lowest BCUT2D eigenvalue weighted by Gasteiger charge is -1.88. The van der Waals surface area contributed by atoms with Gasteiger partial charge in [-0.25, -0.2) is 0 Å². The Bertz CT molecular complexity index is 149. The largest absolute Gasteiger partial charge is 0.293 e. The highest BCUT2D eigenvalue weighted by Gasteiger charge is 2.17. The lowest BCUT2D eigenvalue weighted by molar-refractivity contribution is -0.112. The van der Waals surface area contributed by atoms with Crippen LogP contribution < -0.4 is 0 Å². The van der Waals surface area contributed by atoms with Crippen LogP contribution in [0.25, 0.3) is 0 Å². The quantitative estimate of drug-likeness (QED) is 0.517. The third-order valence-electron chi connectivity index (χ3n) is 1.49. The van der Waals surface area contributed by atoms with E-state index in [0.717, 1.165) is 31.5 Å². The molecular weight excluding hydrogens is 114 g/mol. The molecule has 2 heteroatoms. The summed E-state index contributed by atoms with van der Waals surface area (Å²) in [5, 5.41) is 0. The minimum Gasteiger partial charge on any atom is -0.293 e. The summed E-state index contributed by atoms with van der Waals surface area (Å²) in [4.78, 5) is 14.9. The van der Waals surface area contributed by atoms with E-state index in [1.807, 2.05) is 6.92 Å². The van der Waals surface area contributed by atoms with E-state index < -0.39 is 0 Å². The number of rotatable bonds is 1. The predicted octanol–water partition coefficient (Wildman–Crippen LogP) is 1.20. The number of Topliss-reactive ketones (excluding diaryl/α,β-unsaturated/α-hetero) is 1. The van der Waals surface area contributed by atoms with Gasteiger partial charge in [0.2, 0.25) is 0 Å². The molecule has 0 aromatic carbocycles. The van der Waals surface area contributed by atoms with Crippen molar-refractivity contribution in [3.05, 3.63) is 0 Å². The summed E-state index contributed by atoms with van der Waals surface area (Å²) in [6.07, 6.45) is 2.64. The number of aliphatic imine (C=N–C) groups is 1. The van der Waals surface area contributed by atoms with Crippen LogP contribution in [0.2, 0.25) is 0 Å². The third-order valence-corrected chi connectivity index (χ3v) is 1.49. The molecule has 0 saturated heterocycles. The summed E-state index contributed by atoms with van der Waals surface area (Å²) >= 11 is 0. The molecule has 0 aromatic rings. The van der Waals surface area contributed by atoms with Crippen LogP contribution in [0.15, 0.2) is 4.99 Å². The minimum atomic E-state index is 0.261. The average Bonchev–Trinajstić information content (AvgIpc) is 2.18. The second kappa shape index (κ2) is 2.76. The maximum absolute atomic E-state index is 10.8. The van der Waals surface area contributed by atoms with Gasteiger partial charge < -0.3 is 0 Å². The van der Waals surface area contributed by atoms with Gasteiger partial charge in [-0.05, 0) is 19.8 Å². The molecule has 2 nitrogen and oxygen atoms in total. The predicted molar refractivity (Wildman–Crippen MR) is 36.8 cm³/mol. The summed E-state index contributed by atoms with van der Waals surface area (Å²) in [6.45, 7) is 2.71. The zero-order valence-electron chi connectivity index (χ0n) is 5.68. The Morgan fingerprint density at radius 2 is 2.33 bits per heavy atom. The maximum Gasteiger partial charge on any atom is 0.176 e. The van der Waals surface area contributed by atoms with E-state index in [9.17, 15) is 4.79 Å². The highest BCUT2D eigenvalue weighted by atomic mass is 16.1. The van der Waals surface area contributed by atoms with Gasteiger partial charge in [-0.1, -0.05) is 0 Å². The first-order valence-corrected chi connectivity index (χ1v) is 3.41. The summed E-state index contributed by atoms with van der Waals surface area (Å²) in [7, 11) is 0. The Morgan fingerprint density at radius 1 is 1.56 bits per heavy atom. The van der Waals surface area contributed by atoms with Crippen molar-refractivity contribution >= 4 is 11.5 Å². The van der Waals surface area contributed by atoms with Crippen molar-refractivity contribution in [1.29, 1.82) is 0 Å². The Kier molecular flexibility index (Phi) is 1.98. The highest BCUT2D eigenvalue weighted by molar-refractivity contribution is 6.41. The lowest BCUT2D eigenvalue weighted by atomic mass is 10.3. The fourth-order valence-electron chi connectivity index (χ4n) is 1.06. The van der Waals surface area contributed by atoms with Crippen LogP contribution in [0.3, 0.4) is 0 Å². The molecule has 0 bridgehead atoms. The normalized spacial score (nSPS) is 23.7. The first kappa shape index (κ1) is 6.46. The second-order valence-corrected chi connectivity index (χ2v) is 2.20. The molecule has 9 heavy (non-hydrogen) atoms. The Labute approximate surface area is 55.0 Å². The van der Waals surface area contributed by atoms with E-state index in [-0.39, 0.29) is 5.78 Å². The van der Waals surface area contributed by atoms with Crippen LogP contribution in [-0.4, -0.2) is 18.0 Å². The Hall–Kier alpha value is -0.660. The first-order valence-electron chi connectivity index (χ1n) is 3.41. The maximum atomic E-state index is 10.8. The van der Waals surface area contributed by atoms with E-state index in [1.165, 1.54) is 0 Å². The van der Waals surface area contributed by atoms with Gasteiger partial charge in [-0.2, -0.15) is 0 Å². The average molecular weight is 125 g/mol. The van der Waals surface area contributed by atoms with Crippen molar-refractivity contribution in [3.63, 3.8) is 0 Å². The molecular formula is C7H11NO. The molecule has 1 saturated carbocycles. The molecule has 0 aliphatic heterocycles. The van der Waals surface area contributed by atoms with Crippen molar-refractivity contribution in [2.24, 2.45) is 4.99 Å². The lowest BCUT2D eigenvalue weighted by Crippen LogP contribution is -2.04. The number of carbonyl (C=O) groups is 1. The Balaban J connectivity index is 2.59. The summed E-state index contributed by atoms with van der Waals surface area (Å²) < 4.78 is 0. The fourth-order valence-corrected chi connectivity index (χ4v) is 1.06. The van der Waals surface area contributed by atoms with Gasteiger partial charge in [0, 0.05) is 13.0 Å². The molecule has 1 fully saturated rings. The van der Waals surface area contributed by atoms with Gasteiger partial charge in [0.05, 0.1) is 5.71 Å². The van der Waals surface area contributed by atoms with Crippen molar-refractivity contribution in [1.82, 2.24) is 0 Å². The third kappa shape index (κ3) is 1.37. The number of nitrogens with zero attached hydrogens (tertiary/aromatic N) is 1. The molecule has 1 aliphatic carbocycles. The fraction of sp³-hybridized carbons (Fsp3) is 0.714. The molecule has 0 heterocycles. The number of carbonyl (C=O) groups excluding carboxylic acids is 1. The van der Waals surface area contributed by atoms with Gasteiger partial charge in [-0.15, -0.1) is 0 Å².